The maximum Gasteiger partial charge on any atom is 0.264 e. The topological polar surface area (TPSA) is 96.0 Å². The van der Waals surface area contributed by atoms with Gasteiger partial charge in [-0.15, -0.1) is 0 Å². The van der Waals surface area contributed by atoms with E-state index in [1.165, 1.54) is 36.3 Å². The maximum atomic E-state index is 14.2. The molecule has 0 aromatic heterocycles. The first kappa shape index (κ1) is 33.2. The summed E-state index contributed by atoms with van der Waals surface area (Å²) in [5.41, 5.74) is 1.80. The van der Waals surface area contributed by atoms with Gasteiger partial charge in [0, 0.05) is 17.6 Å². The van der Waals surface area contributed by atoms with E-state index >= 15 is 0 Å². The molecule has 0 spiro atoms. The fourth-order valence-electron chi connectivity index (χ4n) is 4.32. The Morgan fingerprint density at radius 1 is 0.952 bits per heavy atom. The molecule has 0 aliphatic heterocycles. The van der Waals surface area contributed by atoms with Gasteiger partial charge in [0.05, 0.1) is 22.7 Å². The van der Waals surface area contributed by atoms with Crippen LogP contribution in [0, 0.1) is 6.92 Å². The first-order valence-electron chi connectivity index (χ1n) is 13.7. The summed E-state index contributed by atoms with van der Waals surface area (Å²) in [6, 6.07) is 16.9. The third kappa shape index (κ3) is 8.18. The zero-order valence-electron chi connectivity index (χ0n) is 24.4. The van der Waals surface area contributed by atoms with Gasteiger partial charge >= 0.3 is 0 Å². The van der Waals surface area contributed by atoms with Crippen molar-refractivity contribution in [3.05, 3.63) is 87.9 Å². The lowest BCUT2D eigenvalue weighted by Gasteiger charge is -2.33. The number of methoxy groups -OCH3 is 1. The number of carbonyl (C=O) groups is 2. The van der Waals surface area contributed by atoms with Crippen LogP contribution < -0.4 is 14.4 Å². The molecule has 8 nitrogen and oxygen atoms in total. The zero-order valence-corrected chi connectivity index (χ0v) is 26.8. The van der Waals surface area contributed by atoms with Crippen LogP contribution in [0.2, 0.25) is 10.0 Å². The molecule has 42 heavy (non-hydrogen) atoms. The maximum absolute atomic E-state index is 14.2. The number of benzene rings is 3. The molecule has 11 heteroatoms. The fourth-order valence-corrected chi connectivity index (χ4v) is 6.11. The lowest BCUT2D eigenvalue weighted by Crippen LogP contribution is -2.53. The first-order valence-corrected chi connectivity index (χ1v) is 15.9. The minimum Gasteiger partial charge on any atom is -0.495 e. The SMILES string of the molecule is CC[C@@H](C)NC(=O)[C@@H](CC)N(Cc1ccc(Cl)cc1)C(=O)CN(c1ccc(OC)c(Cl)c1)S(=O)(=O)c1ccc(C)cc1. The van der Waals surface area contributed by atoms with Gasteiger partial charge in [0.2, 0.25) is 11.8 Å². The van der Waals surface area contributed by atoms with E-state index in [0.717, 1.165) is 15.4 Å². The Morgan fingerprint density at radius 2 is 1.60 bits per heavy atom. The first-order chi connectivity index (χ1) is 19.9. The van der Waals surface area contributed by atoms with Gasteiger partial charge in [-0.2, -0.15) is 0 Å². The van der Waals surface area contributed by atoms with Gasteiger partial charge in [0.15, 0.2) is 0 Å². The summed E-state index contributed by atoms with van der Waals surface area (Å²) < 4.78 is 34.3. The van der Waals surface area contributed by atoms with E-state index in [1.807, 2.05) is 27.7 Å². The van der Waals surface area contributed by atoms with Gasteiger partial charge < -0.3 is 15.0 Å². The molecule has 0 unspecified atom stereocenters. The number of nitrogens with one attached hydrogen (secondary N) is 1. The highest BCUT2D eigenvalue weighted by atomic mass is 35.5. The molecule has 3 rings (SSSR count). The Kier molecular flexibility index (Phi) is 11.7. The van der Waals surface area contributed by atoms with Crippen molar-refractivity contribution in [3.8, 4) is 5.75 Å². The van der Waals surface area contributed by atoms with Crippen LogP contribution in [0.1, 0.15) is 44.7 Å². The molecule has 0 aliphatic rings. The van der Waals surface area contributed by atoms with Crippen LogP contribution in [-0.2, 0) is 26.2 Å². The Morgan fingerprint density at radius 3 is 2.14 bits per heavy atom. The van der Waals surface area contributed by atoms with Crippen LogP contribution in [0.5, 0.6) is 5.75 Å². The smallest absolute Gasteiger partial charge is 0.264 e. The Labute approximate surface area is 258 Å². The molecule has 0 bridgehead atoms. The minimum absolute atomic E-state index is 0.0126. The van der Waals surface area contributed by atoms with Crippen molar-refractivity contribution in [2.45, 2.75) is 64.1 Å². The highest BCUT2D eigenvalue weighted by molar-refractivity contribution is 7.92. The lowest BCUT2D eigenvalue weighted by atomic mass is 10.1. The molecule has 2 atom stereocenters. The van der Waals surface area contributed by atoms with E-state index in [4.69, 9.17) is 27.9 Å². The monoisotopic (exact) mass is 633 g/mol. The number of nitrogens with zero attached hydrogens (tertiary/aromatic N) is 2. The van der Waals surface area contributed by atoms with Gasteiger partial charge in [-0.25, -0.2) is 8.42 Å². The molecule has 0 heterocycles. The molecule has 0 saturated carbocycles. The van der Waals surface area contributed by atoms with Crippen molar-refractivity contribution >= 4 is 50.7 Å². The molecule has 0 radical (unpaired) electrons. The summed E-state index contributed by atoms with van der Waals surface area (Å²) in [5.74, 6) is -0.509. The van der Waals surface area contributed by atoms with E-state index in [0.29, 0.717) is 23.6 Å². The second-order valence-corrected chi connectivity index (χ2v) is 12.7. The third-order valence-electron chi connectivity index (χ3n) is 6.96. The van der Waals surface area contributed by atoms with Crippen LogP contribution in [0.4, 0.5) is 5.69 Å². The van der Waals surface area contributed by atoms with Crippen molar-refractivity contribution in [2.24, 2.45) is 0 Å². The molecule has 0 fully saturated rings. The van der Waals surface area contributed by atoms with Crippen molar-refractivity contribution in [3.63, 3.8) is 0 Å². The highest BCUT2D eigenvalue weighted by Crippen LogP contribution is 2.32. The van der Waals surface area contributed by atoms with Crippen molar-refractivity contribution in [1.82, 2.24) is 10.2 Å². The Hall–Kier alpha value is -3.27. The predicted molar refractivity (Wildman–Crippen MR) is 168 cm³/mol. The predicted octanol–water partition coefficient (Wildman–Crippen LogP) is 6.23. The van der Waals surface area contributed by atoms with E-state index in [2.05, 4.69) is 5.32 Å². The summed E-state index contributed by atoms with van der Waals surface area (Å²) in [6.07, 6.45) is 1.04. The number of aryl methyl sites for hydroxylation is 1. The van der Waals surface area contributed by atoms with Crippen LogP contribution in [-0.4, -0.2) is 50.9 Å². The Balaban J connectivity index is 2.09. The third-order valence-corrected chi connectivity index (χ3v) is 9.30. The van der Waals surface area contributed by atoms with E-state index in [1.54, 1.807) is 42.5 Å². The number of hydrogen-bond donors (Lipinski definition) is 1. The van der Waals surface area contributed by atoms with Crippen molar-refractivity contribution < 1.29 is 22.7 Å². The summed E-state index contributed by atoms with van der Waals surface area (Å²) in [6.45, 7) is 7.01. The van der Waals surface area contributed by atoms with E-state index in [-0.39, 0.29) is 34.1 Å². The van der Waals surface area contributed by atoms with Crippen LogP contribution in [0.15, 0.2) is 71.6 Å². The number of rotatable bonds is 13. The van der Waals surface area contributed by atoms with E-state index in [9.17, 15) is 18.0 Å². The number of anilines is 1. The number of amides is 2. The molecule has 0 saturated heterocycles. The van der Waals surface area contributed by atoms with Crippen molar-refractivity contribution in [2.75, 3.05) is 18.0 Å². The molecule has 226 valence electrons. The molecule has 1 N–H and O–H groups in total. The van der Waals surface area contributed by atoms with Gasteiger partial charge in [0.1, 0.15) is 18.3 Å². The van der Waals surface area contributed by atoms with Crippen molar-refractivity contribution in [1.29, 1.82) is 0 Å². The van der Waals surface area contributed by atoms with Crippen LogP contribution >= 0.6 is 23.2 Å². The van der Waals surface area contributed by atoms with Crippen LogP contribution in [0.25, 0.3) is 0 Å². The second-order valence-electron chi connectivity index (χ2n) is 10.0. The van der Waals surface area contributed by atoms with Gasteiger partial charge in [0.25, 0.3) is 10.0 Å². The lowest BCUT2D eigenvalue weighted by molar-refractivity contribution is -0.140. The van der Waals surface area contributed by atoms with E-state index < -0.39 is 28.5 Å². The number of ether oxygens (including phenoxy) is 1. The number of hydrogen-bond acceptors (Lipinski definition) is 5. The number of carbonyl (C=O) groups excluding carboxylic acids is 2. The van der Waals surface area contributed by atoms with Crippen LogP contribution in [0.3, 0.4) is 0 Å². The number of sulfonamides is 1. The average molecular weight is 635 g/mol. The minimum atomic E-state index is -4.22. The molecular weight excluding hydrogens is 597 g/mol. The fraction of sp³-hybridized carbons (Fsp3) is 0.355. The molecular formula is C31H37Cl2N3O5S. The zero-order chi connectivity index (χ0) is 31.0. The summed E-state index contributed by atoms with van der Waals surface area (Å²) >= 11 is 12.5. The number of halogens is 2. The molecule has 2 amide bonds. The van der Waals surface area contributed by atoms with Gasteiger partial charge in [-0.3, -0.25) is 13.9 Å². The van der Waals surface area contributed by atoms with Gasteiger partial charge in [-0.05, 0) is 74.7 Å². The quantitative estimate of drug-likeness (QED) is 0.241. The molecule has 3 aromatic carbocycles. The second kappa shape index (κ2) is 14.8. The summed E-state index contributed by atoms with van der Waals surface area (Å²) in [7, 11) is -2.77. The average Bonchev–Trinajstić information content (AvgIpc) is 2.96. The molecule has 3 aromatic rings. The summed E-state index contributed by atoms with van der Waals surface area (Å²) in [5, 5.41) is 3.68. The Bertz CT molecular complexity index is 1480. The van der Waals surface area contributed by atoms with Gasteiger partial charge in [-0.1, -0.05) is 66.9 Å². The standard InChI is InChI=1S/C31H37Cl2N3O5S/c1-6-22(4)34-31(38)28(7-2)35(19-23-10-12-24(32)13-11-23)30(37)20-36(25-14-17-29(41-5)27(33)18-25)42(39,40)26-15-8-21(3)9-16-26/h8-18,22,28H,6-7,19-20H2,1-5H3,(H,34,38)/t22-,28-/m1/s1. The highest BCUT2D eigenvalue weighted by Gasteiger charge is 2.34. The normalized spacial score (nSPS) is 12.7. The molecule has 0 aliphatic carbocycles. The summed E-state index contributed by atoms with van der Waals surface area (Å²) in [4.78, 5) is 29.0. The largest absolute Gasteiger partial charge is 0.495 e.